The highest BCUT2D eigenvalue weighted by molar-refractivity contribution is 7.99. The maximum Gasteiger partial charge on any atom is 0.277 e. The van der Waals surface area contributed by atoms with Gasteiger partial charge in [0.05, 0.1) is 27.1 Å². The van der Waals surface area contributed by atoms with Gasteiger partial charge >= 0.3 is 0 Å². The van der Waals surface area contributed by atoms with Crippen LogP contribution in [0, 0.1) is 5.92 Å². The first-order valence-electron chi connectivity index (χ1n) is 9.43. The van der Waals surface area contributed by atoms with Crippen LogP contribution in [-0.2, 0) is 4.79 Å². The first-order chi connectivity index (χ1) is 13.9. The molecule has 0 bridgehead atoms. The van der Waals surface area contributed by atoms with Crippen molar-refractivity contribution in [3.8, 4) is 28.7 Å². The highest BCUT2D eigenvalue weighted by Gasteiger charge is 2.18. The third kappa shape index (κ3) is 6.56. The molecule has 2 rings (SSSR count). The molecule has 0 unspecified atom stereocenters. The van der Waals surface area contributed by atoms with Crippen LogP contribution in [-0.4, -0.2) is 49.2 Å². The fraction of sp³-hybridized carbons (Fsp3) is 0.550. The Morgan fingerprint density at radius 2 is 1.72 bits per heavy atom. The van der Waals surface area contributed by atoms with Crippen molar-refractivity contribution in [3.05, 3.63) is 12.1 Å². The maximum absolute atomic E-state index is 12.1. The standard InChI is InChI=1S/C20H29N3O5S/c1-12(2)7-8-13(3)21-17(24)11-29-20-23-22-19(28-20)14-9-15(25-4)18(27-6)16(10-14)26-5/h9-10,12-13H,7-8,11H2,1-6H3,(H,21,24)/t13-/m1/s1. The van der Waals surface area contributed by atoms with Crippen LogP contribution in [0.2, 0.25) is 0 Å². The molecule has 0 saturated carbocycles. The summed E-state index contributed by atoms with van der Waals surface area (Å²) in [6, 6.07) is 3.60. The largest absolute Gasteiger partial charge is 0.493 e. The van der Waals surface area contributed by atoms with E-state index in [2.05, 4.69) is 29.4 Å². The minimum Gasteiger partial charge on any atom is -0.493 e. The van der Waals surface area contributed by atoms with Crippen molar-refractivity contribution in [2.75, 3.05) is 27.1 Å². The SMILES string of the molecule is COc1cc(-c2nnc(SCC(=O)N[C@H](C)CCC(C)C)o2)cc(OC)c1OC. The van der Waals surface area contributed by atoms with Gasteiger partial charge in [-0.1, -0.05) is 25.6 Å². The van der Waals surface area contributed by atoms with Crippen molar-refractivity contribution in [2.45, 2.75) is 44.9 Å². The molecule has 0 spiro atoms. The zero-order chi connectivity index (χ0) is 21.4. The number of amides is 1. The highest BCUT2D eigenvalue weighted by atomic mass is 32.2. The summed E-state index contributed by atoms with van der Waals surface area (Å²) < 4.78 is 21.7. The van der Waals surface area contributed by atoms with Crippen LogP contribution >= 0.6 is 11.8 Å². The van der Waals surface area contributed by atoms with Gasteiger partial charge in [-0.15, -0.1) is 10.2 Å². The van der Waals surface area contributed by atoms with Crippen LogP contribution in [0.15, 0.2) is 21.8 Å². The van der Waals surface area contributed by atoms with Crippen LogP contribution in [0.3, 0.4) is 0 Å². The summed E-state index contributed by atoms with van der Waals surface area (Å²) in [6.45, 7) is 6.36. The molecule has 0 aliphatic carbocycles. The zero-order valence-corrected chi connectivity index (χ0v) is 18.6. The molecule has 1 heterocycles. The van der Waals surface area contributed by atoms with Crippen molar-refractivity contribution in [3.63, 3.8) is 0 Å². The average Bonchev–Trinajstić information content (AvgIpc) is 3.18. The summed E-state index contributed by atoms with van der Waals surface area (Å²) in [5.41, 5.74) is 0.630. The summed E-state index contributed by atoms with van der Waals surface area (Å²) >= 11 is 1.20. The Bertz CT molecular complexity index is 784. The molecule has 0 radical (unpaired) electrons. The first-order valence-corrected chi connectivity index (χ1v) is 10.4. The van der Waals surface area contributed by atoms with Crippen molar-refractivity contribution in [1.29, 1.82) is 0 Å². The number of hydrogen-bond acceptors (Lipinski definition) is 8. The molecule has 1 N–H and O–H groups in total. The van der Waals surface area contributed by atoms with E-state index in [9.17, 15) is 4.79 Å². The van der Waals surface area contributed by atoms with E-state index in [1.807, 2.05) is 6.92 Å². The second kappa shape index (κ2) is 10.9. The second-order valence-electron chi connectivity index (χ2n) is 7.02. The number of carbonyl (C=O) groups is 1. The van der Waals surface area contributed by atoms with Crippen molar-refractivity contribution < 1.29 is 23.4 Å². The minimum absolute atomic E-state index is 0.0567. The molecule has 0 aliphatic heterocycles. The molecule has 0 fully saturated rings. The molecule has 8 nitrogen and oxygen atoms in total. The van der Waals surface area contributed by atoms with Crippen LogP contribution < -0.4 is 19.5 Å². The smallest absolute Gasteiger partial charge is 0.277 e. The lowest BCUT2D eigenvalue weighted by Gasteiger charge is -2.14. The van der Waals surface area contributed by atoms with Crippen LogP contribution in [0.1, 0.15) is 33.6 Å². The summed E-state index contributed by atoms with van der Waals surface area (Å²) in [5, 5.41) is 11.4. The summed E-state index contributed by atoms with van der Waals surface area (Å²) in [7, 11) is 4.62. The number of aromatic nitrogens is 2. The van der Waals surface area contributed by atoms with Crippen LogP contribution in [0.5, 0.6) is 17.2 Å². The van der Waals surface area contributed by atoms with Gasteiger partial charge in [0.1, 0.15) is 0 Å². The molecule has 2 aromatic rings. The van der Waals surface area contributed by atoms with Gasteiger partial charge < -0.3 is 23.9 Å². The minimum atomic E-state index is -0.0567. The number of hydrogen-bond donors (Lipinski definition) is 1. The van der Waals surface area contributed by atoms with Gasteiger partial charge in [-0.2, -0.15) is 0 Å². The predicted molar refractivity (Wildman–Crippen MR) is 112 cm³/mol. The first kappa shape index (κ1) is 22.9. The normalized spacial score (nSPS) is 12.0. The molecule has 1 aromatic carbocycles. The third-order valence-electron chi connectivity index (χ3n) is 4.23. The van der Waals surface area contributed by atoms with E-state index in [-0.39, 0.29) is 17.7 Å². The lowest BCUT2D eigenvalue weighted by atomic mass is 10.0. The van der Waals surface area contributed by atoms with Gasteiger partial charge in [0.15, 0.2) is 11.5 Å². The lowest BCUT2D eigenvalue weighted by molar-refractivity contribution is -0.119. The predicted octanol–water partition coefficient (Wildman–Crippen LogP) is 3.80. The number of thioether (sulfide) groups is 1. The number of nitrogens with zero attached hydrogens (tertiary/aromatic N) is 2. The number of benzene rings is 1. The van der Waals surface area contributed by atoms with Gasteiger partial charge in [0, 0.05) is 11.6 Å². The van der Waals surface area contributed by atoms with Crippen molar-refractivity contribution in [1.82, 2.24) is 15.5 Å². The fourth-order valence-electron chi connectivity index (χ4n) is 2.69. The quantitative estimate of drug-likeness (QED) is 0.545. The van der Waals surface area contributed by atoms with E-state index in [1.165, 1.54) is 33.1 Å². The molecular formula is C20H29N3O5S. The van der Waals surface area contributed by atoms with Gasteiger partial charge in [-0.3, -0.25) is 4.79 Å². The molecule has 1 aromatic heterocycles. The highest BCUT2D eigenvalue weighted by Crippen LogP contribution is 2.41. The zero-order valence-electron chi connectivity index (χ0n) is 17.8. The van der Waals surface area contributed by atoms with Gasteiger partial charge in [-0.25, -0.2) is 0 Å². The van der Waals surface area contributed by atoms with E-state index in [0.29, 0.717) is 39.8 Å². The van der Waals surface area contributed by atoms with Crippen LogP contribution in [0.4, 0.5) is 0 Å². The molecule has 0 aliphatic rings. The summed E-state index contributed by atoms with van der Waals surface area (Å²) in [6.07, 6.45) is 2.04. The maximum atomic E-state index is 12.1. The van der Waals surface area contributed by atoms with Gasteiger partial charge in [0.2, 0.25) is 17.5 Å². The Kier molecular flexibility index (Phi) is 8.63. The Morgan fingerprint density at radius 3 is 2.28 bits per heavy atom. The number of rotatable bonds is 11. The van der Waals surface area contributed by atoms with E-state index in [1.54, 1.807) is 12.1 Å². The Hall–Kier alpha value is -2.42. The van der Waals surface area contributed by atoms with Crippen LogP contribution in [0.25, 0.3) is 11.5 Å². The number of carbonyl (C=O) groups excluding carboxylic acids is 1. The summed E-state index contributed by atoms with van der Waals surface area (Å²) in [5.74, 6) is 2.54. The van der Waals surface area contributed by atoms with Gasteiger partial charge in [0.25, 0.3) is 5.22 Å². The van der Waals surface area contributed by atoms with Gasteiger partial charge in [-0.05, 0) is 37.8 Å². The number of methoxy groups -OCH3 is 3. The molecule has 0 saturated heterocycles. The molecular weight excluding hydrogens is 394 g/mol. The number of ether oxygens (including phenoxy) is 3. The second-order valence-corrected chi connectivity index (χ2v) is 7.94. The third-order valence-corrected chi connectivity index (χ3v) is 5.05. The monoisotopic (exact) mass is 423 g/mol. The number of nitrogens with one attached hydrogen (secondary N) is 1. The fourth-order valence-corrected chi connectivity index (χ4v) is 3.26. The molecule has 29 heavy (non-hydrogen) atoms. The Morgan fingerprint density at radius 1 is 1.07 bits per heavy atom. The van der Waals surface area contributed by atoms with E-state index >= 15 is 0 Å². The molecule has 1 amide bonds. The van der Waals surface area contributed by atoms with E-state index < -0.39 is 0 Å². The topological polar surface area (TPSA) is 95.7 Å². The molecule has 160 valence electrons. The molecule has 1 atom stereocenters. The summed E-state index contributed by atoms with van der Waals surface area (Å²) in [4.78, 5) is 12.1. The van der Waals surface area contributed by atoms with E-state index in [4.69, 9.17) is 18.6 Å². The van der Waals surface area contributed by atoms with Crippen molar-refractivity contribution >= 4 is 17.7 Å². The molecule has 9 heteroatoms. The average molecular weight is 424 g/mol. The Balaban J connectivity index is 2.00. The van der Waals surface area contributed by atoms with E-state index in [0.717, 1.165) is 12.8 Å². The lowest BCUT2D eigenvalue weighted by Crippen LogP contribution is -2.34. The Labute approximate surface area is 175 Å². The van der Waals surface area contributed by atoms with Crippen molar-refractivity contribution in [2.24, 2.45) is 5.92 Å².